The van der Waals surface area contributed by atoms with Gasteiger partial charge in [-0.1, -0.05) is 60.7 Å². The summed E-state index contributed by atoms with van der Waals surface area (Å²) in [6, 6.07) is 19.9. The van der Waals surface area contributed by atoms with Crippen LogP contribution in [0.2, 0.25) is 0 Å². The standard InChI is InChI=1S/C19H19NO2/c21-18-12-17(11-15-7-3-1-4-8-15)20(19(22)13-18)14-16-9-5-2-6-10-16/h1-10,17H,11-14H2. The molecule has 1 fully saturated rings. The molecular weight excluding hydrogens is 274 g/mol. The summed E-state index contributed by atoms with van der Waals surface area (Å²) in [4.78, 5) is 26.0. The molecule has 1 atom stereocenters. The van der Waals surface area contributed by atoms with Crippen molar-refractivity contribution in [2.24, 2.45) is 0 Å². The largest absolute Gasteiger partial charge is 0.334 e. The fraction of sp³-hybridized carbons (Fsp3) is 0.263. The summed E-state index contributed by atoms with van der Waals surface area (Å²) in [7, 11) is 0. The molecule has 3 heteroatoms. The van der Waals surface area contributed by atoms with Gasteiger partial charge >= 0.3 is 0 Å². The molecule has 0 bridgehead atoms. The van der Waals surface area contributed by atoms with Gasteiger partial charge < -0.3 is 4.90 Å². The average molecular weight is 293 g/mol. The molecule has 0 spiro atoms. The van der Waals surface area contributed by atoms with E-state index in [4.69, 9.17) is 0 Å². The van der Waals surface area contributed by atoms with E-state index in [0.29, 0.717) is 13.0 Å². The molecule has 22 heavy (non-hydrogen) atoms. The zero-order chi connectivity index (χ0) is 15.4. The first kappa shape index (κ1) is 14.5. The molecule has 112 valence electrons. The van der Waals surface area contributed by atoms with Crippen LogP contribution in [0, 0.1) is 0 Å². The Bertz CT molecular complexity index is 652. The number of amides is 1. The van der Waals surface area contributed by atoms with E-state index in [1.807, 2.05) is 65.6 Å². The Labute approximate surface area is 130 Å². The first-order valence-corrected chi connectivity index (χ1v) is 7.61. The molecule has 1 aliphatic heterocycles. The van der Waals surface area contributed by atoms with Gasteiger partial charge in [-0.3, -0.25) is 9.59 Å². The van der Waals surface area contributed by atoms with Crippen molar-refractivity contribution in [2.75, 3.05) is 0 Å². The number of hydrogen-bond acceptors (Lipinski definition) is 2. The highest BCUT2D eigenvalue weighted by molar-refractivity contribution is 6.00. The van der Waals surface area contributed by atoms with Gasteiger partial charge in [0.25, 0.3) is 0 Å². The third kappa shape index (κ3) is 3.42. The zero-order valence-corrected chi connectivity index (χ0v) is 12.4. The van der Waals surface area contributed by atoms with Crippen LogP contribution >= 0.6 is 0 Å². The monoisotopic (exact) mass is 293 g/mol. The summed E-state index contributed by atoms with van der Waals surface area (Å²) in [6.45, 7) is 0.574. The Kier molecular flexibility index (Phi) is 4.33. The number of likely N-dealkylation sites (tertiary alicyclic amines) is 1. The summed E-state index contributed by atoms with van der Waals surface area (Å²) in [5.74, 6) is -0.00345. The fourth-order valence-corrected chi connectivity index (χ4v) is 2.98. The summed E-state index contributed by atoms with van der Waals surface area (Å²) >= 11 is 0. The lowest BCUT2D eigenvalue weighted by molar-refractivity contribution is -0.143. The van der Waals surface area contributed by atoms with Crippen molar-refractivity contribution in [1.29, 1.82) is 0 Å². The van der Waals surface area contributed by atoms with Gasteiger partial charge in [0, 0.05) is 19.0 Å². The minimum atomic E-state index is -0.0546. The molecule has 0 aromatic heterocycles. The van der Waals surface area contributed by atoms with Crippen LogP contribution in [0.4, 0.5) is 0 Å². The van der Waals surface area contributed by atoms with Crippen LogP contribution in [0.1, 0.15) is 24.0 Å². The lowest BCUT2D eigenvalue weighted by atomic mass is 9.94. The van der Waals surface area contributed by atoms with Crippen LogP contribution < -0.4 is 0 Å². The van der Waals surface area contributed by atoms with Crippen molar-refractivity contribution in [3.8, 4) is 0 Å². The molecule has 1 saturated heterocycles. The fourth-order valence-electron chi connectivity index (χ4n) is 2.98. The molecule has 2 aromatic rings. The molecule has 0 N–H and O–H groups in total. The Hall–Kier alpha value is -2.42. The second-order valence-electron chi connectivity index (χ2n) is 5.77. The van der Waals surface area contributed by atoms with E-state index in [9.17, 15) is 9.59 Å². The van der Waals surface area contributed by atoms with Gasteiger partial charge in [-0.15, -0.1) is 0 Å². The number of rotatable bonds is 4. The lowest BCUT2D eigenvalue weighted by Crippen LogP contribution is -2.47. The van der Waals surface area contributed by atoms with E-state index in [1.54, 1.807) is 0 Å². The van der Waals surface area contributed by atoms with E-state index < -0.39 is 0 Å². The number of Topliss-reactive ketones (excluding diaryl/α,β-unsaturated/α-hetero) is 1. The minimum absolute atomic E-state index is 0.0398. The molecule has 0 radical (unpaired) electrons. The van der Waals surface area contributed by atoms with E-state index in [-0.39, 0.29) is 24.2 Å². The SMILES string of the molecule is O=C1CC(=O)N(Cc2ccccc2)C(Cc2ccccc2)C1. The Morgan fingerprint density at radius 2 is 1.45 bits per heavy atom. The highest BCUT2D eigenvalue weighted by atomic mass is 16.2. The maximum atomic E-state index is 12.3. The van der Waals surface area contributed by atoms with Crippen LogP contribution in [0.15, 0.2) is 60.7 Å². The molecule has 3 nitrogen and oxygen atoms in total. The van der Waals surface area contributed by atoms with Gasteiger partial charge in [0.15, 0.2) is 0 Å². The first-order valence-electron chi connectivity index (χ1n) is 7.61. The summed E-state index contributed by atoms with van der Waals surface area (Å²) in [5.41, 5.74) is 2.26. The predicted molar refractivity (Wildman–Crippen MR) is 85.2 cm³/mol. The van der Waals surface area contributed by atoms with Crippen LogP contribution in [0.25, 0.3) is 0 Å². The normalized spacial score (nSPS) is 18.5. The van der Waals surface area contributed by atoms with E-state index in [2.05, 4.69) is 0 Å². The molecule has 2 aromatic carbocycles. The highest BCUT2D eigenvalue weighted by Crippen LogP contribution is 2.22. The van der Waals surface area contributed by atoms with Crippen LogP contribution in [-0.2, 0) is 22.6 Å². The zero-order valence-electron chi connectivity index (χ0n) is 12.4. The molecule has 1 unspecified atom stereocenters. The van der Waals surface area contributed by atoms with Crippen molar-refractivity contribution >= 4 is 11.7 Å². The van der Waals surface area contributed by atoms with Crippen LogP contribution in [0.5, 0.6) is 0 Å². The van der Waals surface area contributed by atoms with Crippen molar-refractivity contribution < 1.29 is 9.59 Å². The second-order valence-corrected chi connectivity index (χ2v) is 5.77. The number of hydrogen-bond donors (Lipinski definition) is 0. The quantitative estimate of drug-likeness (QED) is 0.813. The number of nitrogens with zero attached hydrogens (tertiary/aromatic N) is 1. The van der Waals surface area contributed by atoms with Gasteiger partial charge in [0.05, 0.1) is 6.42 Å². The number of carbonyl (C=O) groups is 2. The molecule has 3 rings (SSSR count). The van der Waals surface area contributed by atoms with Gasteiger partial charge in [-0.25, -0.2) is 0 Å². The third-order valence-electron chi connectivity index (χ3n) is 4.08. The number of carbonyl (C=O) groups excluding carboxylic acids is 2. The number of piperidine rings is 1. The molecule has 0 saturated carbocycles. The Morgan fingerprint density at radius 3 is 2.09 bits per heavy atom. The summed E-state index contributed by atoms with van der Waals surface area (Å²) in [5, 5.41) is 0. The maximum Gasteiger partial charge on any atom is 0.230 e. The molecule has 0 aliphatic carbocycles. The van der Waals surface area contributed by atoms with Crippen molar-refractivity contribution in [2.45, 2.75) is 31.8 Å². The number of benzene rings is 2. The van der Waals surface area contributed by atoms with Gasteiger partial charge in [0.1, 0.15) is 5.78 Å². The van der Waals surface area contributed by atoms with E-state index in [0.717, 1.165) is 17.5 Å². The summed E-state index contributed by atoms with van der Waals surface area (Å²) < 4.78 is 0. The van der Waals surface area contributed by atoms with Crippen molar-refractivity contribution in [3.05, 3.63) is 71.8 Å². The first-order chi connectivity index (χ1) is 10.7. The molecule has 1 amide bonds. The predicted octanol–water partition coefficient (Wildman–Crippen LogP) is 2.99. The van der Waals surface area contributed by atoms with Crippen molar-refractivity contribution in [3.63, 3.8) is 0 Å². The van der Waals surface area contributed by atoms with Crippen LogP contribution in [-0.4, -0.2) is 22.6 Å². The lowest BCUT2D eigenvalue weighted by Gasteiger charge is -2.35. The van der Waals surface area contributed by atoms with E-state index in [1.165, 1.54) is 0 Å². The highest BCUT2D eigenvalue weighted by Gasteiger charge is 2.32. The van der Waals surface area contributed by atoms with Gasteiger partial charge in [0.2, 0.25) is 5.91 Å². The molecule has 1 aliphatic rings. The minimum Gasteiger partial charge on any atom is -0.334 e. The number of ketones is 1. The molecular formula is C19H19NO2. The Balaban J connectivity index is 1.80. The second kappa shape index (κ2) is 6.56. The molecule has 1 heterocycles. The topological polar surface area (TPSA) is 37.4 Å². The maximum absolute atomic E-state index is 12.3. The average Bonchev–Trinajstić information content (AvgIpc) is 2.53. The van der Waals surface area contributed by atoms with Gasteiger partial charge in [-0.05, 0) is 17.5 Å². The van der Waals surface area contributed by atoms with Crippen molar-refractivity contribution in [1.82, 2.24) is 4.90 Å². The van der Waals surface area contributed by atoms with E-state index >= 15 is 0 Å². The van der Waals surface area contributed by atoms with Crippen LogP contribution in [0.3, 0.4) is 0 Å². The third-order valence-corrected chi connectivity index (χ3v) is 4.08. The Morgan fingerprint density at radius 1 is 0.864 bits per heavy atom. The smallest absolute Gasteiger partial charge is 0.230 e. The summed E-state index contributed by atoms with van der Waals surface area (Å²) in [6.07, 6.45) is 1.22. The van der Waals surface area contributed by atoms with Gasteiger partial charge in [-0.2, -0.15) is 0 Å².